The fourth-order valence-corrected chi connectivity index (χ4v) is 3.28. The van der Waals surface area contributed by atoms with E-state index in [4.69, 9.17) is 0 Å². The van der Waals surface area contributed by atoms with E-state index in [0.717, 1.165) is 6.54 Å². The Morgan fingerprint density at radius 1 is 0.900 bits per heavy atom. The fourth-order valence-electron chi connectivity index (χ4n) is 2.80. The molecule has 20 heavy (non-hydrogen) atoms. The van der Waals surface area contributed by atoms with Crippen molar-refractivity contribution in [3.05, 3.63) is 34.9 Å². The van der Waals surface area contributed by atoms with Crippen LogP contribution >= 0.6 is 15.9 Å². The molecule has 1 heterocycles. The summed E-state index contributed by atoms with van der Waals surface area (Å²) in [6.07, 6.45) is 13.3. The second kappa shape index (κ2) is 8.51. The predicted molar refractivity (Wildman–Crippen MR) is 92.2 cm³/mol. The maximum atomic E-state index is 3.62. The highest BCUT2D eigenvalue weighted by Crippen LogP contribution is 2.25. The molecular weight excluding hydrogens is 310 g/mol. The molecule has 0 saturated heterocycles. The third-order valence-corrected chi connectivity index (χ3v) is 4.70. The van der Waals surface area contributed by atoms with Crippen LogP contribution in [0.25, 0.3) is 10.9 Å². The first kappa shape index (κ1) is 15.6. The summed E-state index contributed by atoms with van der Waals surface area (Å²) in [5, 5.41) is 1.33. The van der Waals surface area contributed by atoms with Crippen molar-refractivity contribution >= 4 is 26.8 Å². The maximum Gasteiger partial charge on any atom is 0.0491 e. The van der Waals surface area contributed by atoms with Gasteiger partial charge < -0.3 is 4.57 Å². The van der Waals surface area contributed by atoms with E-state index in [2.05, 4.69) is 57.9 Å². The van der Waals surface area contributed by atoms with E-state index < -0.39 is 0 Å². The summed E-state index contributed by atoms with van der Waals surface area (Å²) in [6.45, 7) is 3.43. The van der Waals surface area contributed by atoms with Crippen molar-refractivity contribution in [1.82, 2.24) is 4.57 Å². The normalized spacial score (nSPS) is 11.3. The van der Waals surface area contributed by atoms with E-state index >= 15 is 0 Å². The summed E-state index contributed by atoms with van der Waals surface area (Å²) in [4.78, 5) is 0. The van der Waals surface area contributed by atoms with Gasteiger partial charge in [-0.2, -0.15) is 0 Å². The van der Waals surface area contributed by atoms with Gasteiger partial charge in [-0.15, -0.1) is 0 Å². The summed E-state index contributed by atoms with van der Waals surface area (Å²) in [5.74, 6) is 0. The molecule has 0 unspecified atom stereocenters. The first-order valence-electron chi connectivity index (χ1n) is 8.06. The van der Waals surface area contributed by atoms with Gasteiger partial charge in [-0.25, -0.2) is 0 Å². The molecule has 0 aliphatic rings. The number of nitrogens with zero attached hydrogens (tertiary/aromatic N) is 1. The number of unbranched alkanes of at least 4 members (excludes halogenated alkanes) is 7. The Morgan fingerprint density at radius 2 is 1.60 bits per heavy atom. The van der Waals surface area contributed by atoms with Gasteiger partial charge in [0.25, 0.3) is 0 Å². The maximum absolute atomic E-state index is 3.62. The molecule has 110 valence electrons. The average Bonchev–Trinajstić information content (AvgIpc) is 2.87. The minimum absolute atomic E-state index is 1.15. The molecule has 0 aliphatic carbocycles. The van der Waals surface area contributed by atoms with Crippen LogP contribution in [0.15, 0.2) is 34.9 Å². The Morgan fingerprint density at radius 3 is 2.35 bits per heavy atom. The zero-order valence-corrected chi connectivity index (χ0v) is 14.2. The molecule has 0 saturated carbocycles. The molecular formula is C18H26BrN. The van der Waals surface area contributed by atoms with Crippen molar-refractivity contribution < 1.29 is 0 Å². The molecule has 1 nitrogen and oxygen atoms in total. The summed E-state index contributed by atoms with van der Waals surface area (Å²) >= 11 is 3.62. The molecule has 0 bridgehead atoms. The molecule has 2 rings (SSSR count). The van der Waals surface area contributed by atoms with Gasteiger partial charge in [-0.05, 0) is 24.6 Å². The van der Waals surface area contributed by atoms with Crippen LogP contribution in [0.4, 0.5) is 0 Å². The van der Waals surface area contributed by atoms with Gasteiger partial charge in [-0.3, -0.25) is 0 Å². The number of benzene rings is 1. The number of rotatable bonds is 9. The van der Waals surface area contributed by atoms with Gasteiger partial charge in [0.05, 0.1) is 0 Å². The van der Waals surface area contributed by atoms with E-state index in [-0.39, 0.29) is 0 Å². The average molecular weight is 336 g/mol. The van der Waals surface area contributed by atoms with Crippen molar-refractivity contribution in [2.24, 2.45) is 0 Å². The topological polar surface area (TPSA) is 4.93 Å². The van der Waals surface area contributed by atoms with Crippen LogP contribution in [0.1, 0.15) is 58.3 Å². The van der Waals surface area contributed by atoms with Crippen molar-refractivity contribution in [2.75, 3.05) is 0 Å². The van der Waals surface area contributed by atoms with Crippen molar-refractivity contribution in [2.45, 2.75) is 64.8 Å². The third kappa shape index (κ3) is 4.37. The Balaban J connectivity index is 1.70. The molecule has 0 fully saturated rings. The minimum Gasteiger partial charge on any atom is -0.347 e. The lowest BCUT2D eigenvalue weighted by Crippen LogP contribution is -1.95. The SMILES string of the molecule is CCCCCCCCCCn1ccc2c(Br)cccc21. The van der Waals surface area contributed by atoms with E-state index in [0.29, 0.717) is 0 Å². The van der Waals surface area contributed by atoms with Gasteiger partial charge in [0.2, 0.25) is 0 Å². The number of hydrogen-bond acceptors (Lipinski definition) is 0. The van der Waals surface area contributed by atoms with Crippen LogP contribution in [0.3, 0.4) is 0 Å². The van der Waals surface area contributed by atoms with E-state index in [1.807, 2.05) is 0 Å². The quantitative estimate of drug-likeness (QED) is 0.458. The Bertz CT molecular complexity index is 515. The van der Waals surface area contributed by atoms with Gasteiger partial charge in [0.15, 0.2) is 0 Å². The number of hydrogen-bond donors (Lipinski definition) is 0. The van der Waals surface area contributed by atoms with Gasteiger partial charge in [0.1, 0.15) is 0 Å². The van der Waals surface area contributed by atoms with E-state index in [1.54, 1.807) is 0 Å². The van der Waals surface area contributed by atoms with E-state index in [1.165, 1.54) is 66.7 Å². The van der Waals surface area contributed by atoms with Crippen molar-refractivity contribution in [3.8, 4) is 0 Å². The lowest BCUT2D eigenvalue weighted by Gasteiger charge is -2.06. The molecule has 0 atom stereocenters. The zero-order valence-electron chi connectivity index (χ0n) is 12.6. The van der Waals surface area contributed by atoms with E-state index in [9.17, 15) is 0 Å². The fraction of sp³-hybridized carbons (Fsp3) is 0.556. The zero-order chi connectivity index (χ0) is 14.2. The van der Waals surface area contributed by atoms with Gasteiger partial charge in [0, 0.05) is 28.1 Å². The molecule has 0 aliphatic heterocycles. The van der Waals surface area contributed by atoms with Crippen molar-refractivity contribution in [3.63, 3.8) is 0 Å². The number of fused-ring (bicyclic) bond motifs is 1. The summed E-state index contributed by atoms with van der Waals surface area (Å²) in [5.41, 5.74) is 1.35. The predicted octanol–water partition coefficient (Wildman–Crippen LogP) is 6.54. The van der Waals surface area contributed by atoms with Crippen LogP contribution in [-0.4, -0.2) is 4.57 Å². The highest BCUT2D eigenvalue weighted by Gasteiger charge is 2.03. The first-order valence-corrected chi connectivity index (χ1v) is 8.85. The second-order valence-corrected chi connectivity index (χ2v) is 6.51. The first-order chi connectivity index (χ1) is 9.83. The Kier molecular flexibility index (Phi) is 6.65. The second-order valence-electron chi connectivity index (χ2n) is 5.66. The van der Waals surface area contributed by atoms with Gasteiger partial charge in [-0.1, -0.05) is 73.9 Å². The monoisotopic (exact) mass is 335 g/mol. The molecule has 1 aromatic carbocycles. The largest absolute Gasteiger partial charge is 0.347 e. The molecule has 0 radical (unpaired) electrons. The number of aromatic nitrogens is 1. The standard InChI is InChI=1S/C18H26BrN/c1-2-3-4-5-6-7-8-9-14-20-15-13-16-17(19)11-10-12-18(16)20/h10-13,15H,2-9,14H2,1H3. The molecule has 2 heteroatoms. The van der Waals surface area contributed by atoms with Crippen molar-refractivity contribution in [1.29, 1.82) is 0 Å². The van der Waals surface area contributed by atoms with Crippen LogP contribution in [0, 0.1) is 0 Å². The molecule has 0 amide bonds. The van der Waals surface area contributed by atoms with Crippen LogP contribution in [0.5, 0.6) is 0 Å². The third-order valence-electron chi connectivity index (χ3n) is 4.01. The highest BCUT2D eigenvalue weighted by atomic mass is 79.9. The molecule has 2 aromatic rings. The van der Waals surface area contributed by atoms with Gasteiger partial charge >= 0.3 is 0 Å². The Hall–Kier alpha value is -0.760. The smallest absolute Gasteiger partial charge is 0.0491 e. The summed E-state index contributed by atoms with van der Waals surface area (Å²) in [6, 6.07) is 8.66. The molecule has 1 aromatic heterocycles. The molecule has 0 N–H and O–H groups in total. The number of aryl methyl sites for hydroxylation is 1. The van der Waals surface area contributed by atoms with Crippen LogP contribution in [0.2, 0.25) is 0 Å². The number of halogens is 1. The Labute approximate surface area is 131 Å². The summed E-state index contributed by atoms with van der Waals surface area (Å²) in [7, 11) is 0. The van der Waals surface area contributed by atoms with Crippen LogP contribution in [-0.2, 0) is 6.54 Å². The highest BCUT2D eigenvalue weighted by molar-refractivity contribution is 9.10. The lowest BCUT2D eigenvalue weighted by molar-refractivity contribution is 0.549. The lowest BCUT2D eigenvalue weighted by atomic mass is 10.1. The summed E-state index contributed by atoms with van der Waals surface area (Å²) < 4.78 is 3.58. The molecule has 0 spiro atoms. The minimum atomic E-state index is 1.15. The van der Waals surface area contributed by atoms with Crippen LogP contribution < -0.4 is 0 Å².